The van der Waals surface area contributed by atoms with E-state index in [1.54, 1.807) is 0 Å². The Bertz CT molecular complexity index is 414. The molecular weight excluding hydrogens is 250 g/mol. The van der Waals surface area contributed by atoms with Crippen LogP contribution in [0.3, 0.4) is 0 Å². The minimum atomic E-state index is 0.186. The molecule has 0 aliphatic heterocycles. The number of rotatable bonds is 4. The fourth-order valence-electron chi connectivity index (χ4n) is 2.51. The molecule has 0 aromatic heterocycles. The van der Waals surface area contributed by atoms with Gasteiger partial charge >= 0.3 is 0 Å². The average molecular weight is 277 g/mol. The number of benzene rings is 1. The average Bonchev–Trinajstić information content (AvgIpc) is 2.81. The number of thioether (sulfide) groups is 1. The third-order valence-electron chi connectivity index (χ3n) is 3.66. The Hall–Kier alpha value is -0.470. The van der Waals surface area contributed by atoms with Crippen LogP contribution >= 0.6 is 11.8 Å². The SMILES string of the molecule is Cc1cc(CNC(C)(C)C)ccc1SC1CCCC1. The summed E-state index contributed by atoms with van der Waals surface area (Å²) in [6.07, 6.45) is 5.64. The van der Waals surface area contributed by atoms with E-state index in [0.29, 0.717) is 0 Å². The topological polar surface area (TPSA) is 12.0 Å². The second kappa shape index (κ2) is 6.32. The van der Waals surface area contributed by atoms with Gasteiger partial charge < -0.3 is 5.32 Å². The van der Waals surface area contributed by atoms with Gasteiger partial charge in [0, 0.05) is 22.2 Å². The highest BCUT2D eigenvalue weighted by atomic mass is 32.2. The van der Waals surface area contributed by atoms with Crippen LogP contribution in [0.4, 0.5) is 0 Å². The Balaban J connectivity index is 1.96. The van der Waals surface area contributed by atoms with Gasteiger partial charge in [-0.3, -0.25) is 0 Å². The summed E-state index contributed by atoms with van der Waals surface area (Å²) in [5.41, 5.74) is 3.01. The van der Waals surface area contributed by atoms with Crippen molar-refractivity contribution < 1.29 is 0 Å². The fraction of sp³-hybridized carbons (Fsp3) is 0.647. The molecule has 2 rings (SSSR count). The van der Waals surface area contributed by atoms with Crippen molar-refractivity contribution in [2.45, 2.75) is 75.6 Å². The number of nitrogens with one attached hydrogen (secondary N) is 1. The predicted octanol–water partition coefficient (Wildman–Crippen LogP) is 4.92. The molecule has 0 bridgehead atoms. The highest BCUT2D eigenvalue weighted by molar-refractivity contribution is 8.00. The molecule has 0 saturated heterocycles. The molecule has 0 radical (unpaired) electrons. The molecule has 1 nitrogen and oxygen atoms in total. The predicted molar refractivity (Wildman–Crippen MR) is 85.9 cm³/mol. The van der Waals surface area contributed by atoms with Crippen LogP contribution in [-0.4, -0.2) is 10.8 Å². The Morgan fingerprint density at radius 2 is 1.89 bits per heavy atom. The lowest BCUT2D eigenvalue weighted by Gasteiger charge is -2.21. The lowest BCUT2D eigenvalue weighted by atomic mass is 10.1. The van der Waals surface area contributed by atoms with Crippen LogP contribution in [0.2, 0.25) is 0 Å². The standard InChI is InChI=1S/C17H27NS/c1-13-11-14(12-18-17(2,3)4)9-10-16(13)19-15-7-5-6-8-15/h9-11,15,18H,5-8,12H2,1-4H3. The van der Waals surface area contributed by atoms with Crippen molar-refractivity contribution in [3.63, 3.8) is 0 Å². The summed E-state index contributed by atoms with van der Waals surface area (Å²) in [4.78, 5) is 1.48. The monoisotopic (exact) mass is 277 g/mol. The molecule has 1 aromatic rings. The first kappa shape index (κ1) is 14.9. The molecule has 19 heavy (non-hydrogen) atoms. The molecule has 1 aromatic carbocycles. The normalized spacial score (nSPS) is 17.1. The summed E-state index contributed by atoms with van der Waals surface area (Å²) < 4.78 is 0. The van der Waals surface area contributed by atoms with Gasteiger partial charge in [0.05, 0.1) is 0 Å². The summed E-state index contributed by atoms with van der Waals surface area (Å²) in [7, 11) is 0. The lowest BCUT2D eigenvalue weighted by molar-refractivity contribution is 0.424. The van der Waals surface area contributed by atoms with Crippen LogP contribution in [-0.2, 0) is 6.54 Å². The first-order valence-electron chi connectivity index (χ1n) is 7.45. The van der Waals surface area contributed by atoms with Crippen LogP contribution < -0.4 is 5.32 Å². The van der Waals surface area contributed by atoms with E-state index in [0.717, 1.165) is 11.8 Å². The van der Waals surface area contributed by atoms with Gasteiger partial charge in [-0.15, -0.1) is 11.8 Å². The van der Waals surface area contributed by atoms with Crippen molar-refractivity contribution in [2.24, 2.45) is 0 Å². The largest absolute Gasteiger partial charge is 0.308 e. The van der Waals surface area contributed by atoms with Crippen LogP contribution in [0.1, 0.15) is 57.6 Å². The van der Waals surface area contributed by atoms with Crippen LogP contribution in [0.15, 0.2) is 23.1 Å². The first-order valence-corrected chi connectivity index (χ1v) is 8.33. The summed E-state index contributed by atoms with van der Waals surface area (Å²) >= 11 is 2.09. The maximum absolute atomic E-state index is 3.55. The zero-order valence-corrected chi connectivity index (χ0v) is 13.6. The van der Waals surface area contributed by atoms with Crippen molar-refractivity contribution in [1.82, 2.24) is 5.32 Å². The lowest BCUT2D eigenvalue weighted by Crippen LogP contribution is -2.35. The van der Waals surface area contributed by atoms with Crippen molar-refractivity contribution in [3.05, 3.63) is 29.3 Å². The van der Waals surface area contributed by atoms with Gasteiger partial charge in [0.25, 0.3) is 0 Å². The van der Waals surface area contributed by atoms with Gasteiger partial charge in [-0.25, -0.2) is 0 Å². The van der Waals surface area contributed by atoms with E-state index in [4.69, 9.17) is 0 Å². The van der Waals surface area contributed by atoms with Gasteiger partial charge in [-0.05, 0) is 57.7 Å². The van der Waals surface area contributed by atoms with Crippen molar-refractivity contribution >= 4 is 11.8 Å². The number of hydrogen-bond donors (Lipinski definition) is 1. The zero-order valence-electron chi connectivity index (χ0n) is 12.8. The molecule has 1 N–H and O–H groups in total. The van der Waals surface area contributed by atoms with E-state index >= 15 is 0 Å². The van der Waals surface area contributed by atoms with E-state index in [-0.39, 0.29) is 5.54 Å². The van der Waals surface area contributed by atoms with Crippen molar-refractivity contribution in [2.75, 3.05) is 0 Å². The highest BCUT2D eigenvalue weighted by Crippen LogP contribution is 2.36. The van der Waals surface area contributed by atoms with E-state index in [2.05, 4.69) is 63.0 Å². The molecule has 1 aliphatic rings. The Labute approximate surface area is 122 Å². The minimum absolute atomic E-state index is 0.186. The van der Waals surface area contributed by atoms with Crippen molar-refractivity contribution in [1.29, 1.82) is 0 Å². The number of hydrogen-bond acceptors (Lipinski definition) is 2. The molecule has 2 heteroatoms. The summed E-state index contributed by atoms with van der Waals surface area (Å²) in [6, 6.07) is 6.94. The minimum Gasteiger partial charge on any atom is -0.308 e. The van der Waals surface area contributed by atoms with Gasteiger partial charge in [-0.1, -0.05) is 25.0 Å². The molecule has 106 valence electrons. The highest BCUT2D eigenvalue weighted by Gasteiger charge is 2.17. The van der Waals surface area contributed by atoms with Gasteiger partial charge in [0.15, 0.2) is 0 Å². The molecule has 1 saturated carbocycles. The first-order chi connectivity index (χ1) is 8.94. The van der Waals surface area contributed by atoms with Gasteiger partial charge in [0.2, 0.25) is 0 Å². The van der Waals surface area contributed by atoms with E-state index in [1.807, 2.05) is 0 Å². The van der Waals surface area contributed by atoms with E-state index in [9.17, 15) is 0 Å². The molecule has 0 atom stereocenters. The van der Waals surface area contributed by atoms with Gasteiger partial charge in [0.1, 0.15) is 0 Å². The fourth-order valence-corrected chi connectivity index (χ4v) is 3.83. The molecule has 0 amide bonds. The molecule has 0 heterocycles. The van der Waals surface area contributed by atoms with Crippen LogP contribution in [0, 0.1) is 6.92 Å². The third kappa shape index (κ3) is 4.85. The maximum atomic E-state index is 3.55. The summed E-state index contributed by atoms with van der Waals surface area (Å²) in [6.45, 7) is 9.84. The zero-order chi connectivity index (χ0) is 13.9. The van der Waals surface area contributed by atoms with Crippen LogP contribution in [0.25, 0.3) is 0 Å². The third-order valence-corrected chi connectivity index (χ3v) is 5.17. The van der Waals surface area contributed by atoms with Gasteiger partial charge in [-0.2, -0.15) is 0 Å². The Kier molecular flexibility index (Phi) is 4.97. The Morgan fingerprint density at radius 3 is 2.47 bits per heavy atom. The van der Waals surface area contributed by atoms with E-state index in [1.165, 1.54) is 41.7 Å². The summed E-state index contributed by atoms with van der Waals surface area (Å²) in [5.74, 6) is 0. The summed E-state index contributed by atoms with van der Waals surface area (Å²) in [5, 5.41) is 4.41. The van der Waals surface area contributed by atoms with Crippen LogP contribution in [0.5, 0.6) is 0 Å². The molecular formula is C17H27NS. The molecule has 0 unspecified atom stereocenters. The molecule has 0 spiro atoms. The maximum Gasteiger partial charge on any atom is 0.0210 e. The second-order valence-corrected chi connectivity index (χ2v) is 8.07. The quantitative estimate of drug-likeness (QED) is 0.838. The van der Waals surface area contributed by atoms with E-state index < -0.39 is 0 Å². The Morgan fingerprint density at radius 1 is 1.21 bits per heavy atom. The molecule has 1 aliphatic carbocycles. The molecule has 1 fully saturated rings. The number of aryl methyl sites for hydroxylation is 1. The smallest absolute Gasteiger partial charge is 0.0210 e. The second-order valence-electron chi connectivity index (χ2n) is 6.73. The van der Waals surface area contributed by atoms with Crippen molar-refractivity contribution in [3.8, 4) is 0 Å².